The third kappa shape index (κ3) is 3.67. The Bertz CT molecular complexity index is 1050. The van der Waals surface area contributed by atoms with Gasteiger partial charge >= 0.3 is 6.03 Å². The van der Waals surface area contributed by atoms with Crippen LogP contribution >= 0.6 is 11.3 Å². The van der Waals surface area contributed by atoms with Crippen molar-refractivity contribution in [1.29, 1.82) is 0 Å². The first-order chi connectivity index (χ1) is 14.7. The number of thiophene rings is 1. The number of urea groups is 1. The summed E-state index contributed by atoms with van der Waals surface area (Å²) >= 11 is 1.89. The molecule has 2 aromatic heterocycles. The van der Waals surface area contributed by atoms with Crippen LogP contribution in [-0.4, -0.2) is 10.6 Å². The number of nitrogens with zero attached hydrogens (tertiary/aromatic N) is 1. The summed E-state index contributed by atoms with van der Waals surface area (Å²) in [5, 5.41) is 7.62. The first kappa shape index (κ1) is 19.4. The predicted octanol–water partition coefficient (Wildman–Crippen LogP) is 6.18. The van der Waals surface area contributed by atoms with Gasteiger partial charge in [0.25, 0.3) is 0 Å². The summed E-state index contributed by atoms with van der Waals surface area (Å²) in [5.74, 6) is 0. The average molecular weight is 420 g/mol. The van der Waals surface area contributed by atoms with E-state index in [-0.39, 0.29) is 12.1 Å². The molecule has 30 heavy (non-hydrogen) atoms. The number of carbonyl (C=O) groups is 1. The van der Waals surface area contributed by atoms with Crippen molar-refractivity contribution in [2.75, 3.05) is 5.32 Å². The summed E-state index contributed by atoms with van der Waals surface area (Å²) in [6.45, 7) is 2.12. The van der Waals surface area contributed by atoms with Crippen LogP contribution in [0, 0.1) is 0 Å². The number of aryl methyl sites for hydroxylation is 2. The number of fused-ring (bicyclic) bond motifs is 2. The van der Waals surface area contributed by atoms with E-state index in [0.29, 0.717) is 0 Å². The Morgan fingerprint density at radius 2 is 1.70 bits per heavy atom. The van der Waals surface area contributed by atoms with Gasteiger partial charge in [0.2, 0.25) is 0 Å². The van der Waals surface area contributed by atoms with Gasteiger partial charge in [-0.1, -0.05) is 12.1 Å². The zero-order valence-corrected chi connectivity index (χ0v) is 18.4. The largest absolute Gasteiger partial charge is 0.331 e. The van der Waals surface area contributed by atoms with Crippen molar-refractivity contribution in [3.05, 3.63) is 69.9 Å². The van der Waals surface area contributed by atoms with Crippen LogP contribution in [0.5, 0.6) is 0 Å². The van der Waals surface area contributed by atoms with Crippen molar-refractivity contribution in [2.24, 2.45) is 0 Å². The molecule has 2 N–H and O–H groups in total. The minimum Gasteiger partial charge on any atom is -0.331 e. The fraction of sp³-hybridized carbons (Fsp3) is 0.400. The van der Waals surface area contributed by atoms with Gasteiger partial charge in [-0.05, 0) is 93.2 Å². The van der Waals surface area contributed by atoms with Gasteiger partial charge in [-0.2, -0.15) is 0 Å². The SMILES string of the molecule is C[C@H](NC(=O)Nc1cccc2c1CCCC2)c1c(-n2cccc2)sc2c1CCCC2. The lowest BCUT2D eigenvalue weighted by Crippen LogP contribution is -2.32. The van der Waals surface area contributed by atoms with Gasteiger partial charge < -0.3 is 15.2 Å². The van der Waals surface area contributed by atoms with Crippen LogP contribution < -0.4 is 10.6 Å². The summed E-state index contributed by atoms with van der Waals surface area (Å²) in [6.07, 6.45) is 13.6. The van der Waals surface area contributed by atoms with Crippen LogP contribution in [-0.2, 0) is 25.7 Å². The molecule has 3 aromatic rings. The average Bonchev–Trinajstić information content (AvgIpc) is 3.41. The molecule has 0 fully saturated rings. The minimum absolute atomic E-state index is 0.0416. The highest BCUT2D eigenvalue weighted by atomic mass is 32.1. The van der Waals surface area contributed by atoms with Crippen LogP contribution in [0.1, 0.15) is 65.8 Å². The molecule has 156 valence electrons. The number of hydrogen-bond donors (Lipinski definition) is 2. The quantitative estimate of drug-likeness (QED) is 0.521. The molecular weight excluding hydrogens is 390 g/mol. The lowest BCUT2D eigenvalue weighted by molar-refractivity contribution is 0.249. The molecule has 5 heteroatoms. The molecule has 0 spiro atoms. The van der Waals surface area contributed by atoms with Crippen molar-refractivity contribution in [3.8, 4) is 5.00 Å². The molecule has 2 aliphatic rings. The number of benzene rings is 1. The van der Waals surface area contributed by atoms with E-state index in [1.54, 1.807) is 0 Å². The number of amides is 2. The summed E-state index contributed by atoms with van der Waals surface area (Å²) in [6, 6.07) is 10.3. The van der Waals surface area contributed by atoms with Gasteiger partial charge in [0.15, 0.2) is 0 Å². The van der Waals surface area contributed by atoms with E-state index in [2.05, 4.69) is 58.8 Å². The third-order valence-corrected chi connectivity index (χ3v) is 7.78. The lowest BCUT2D eigenvalue weighted by atomic mass is 9.90. The molecule has 0 aliphatic heterocycles. The molecule has 0 unspecified atom stereocenters. The summed E-state index contributed by atoms with van der Waals surface area (Å²) < 4.78 is 2.20. The molecule has 1 aromatic carbocycles. The van der Waals surface area contributed by atoms with Crippen LogP contribution in [0.4, 0.5) is 10.5 Å². The number of anilines is 1. The highest BCUT2D eigenvalue weighted by Crippen LogP contribution is 2.40. The van der Waals surface area contributed by atoms with Crippen molar-refractivity contribution < 1.29 is 4.79 Å². The highest BCUT2D eigenvalue weighted by molar-refractivity contribution is 7.15. The van der Waals surface area contributed by atoms with Gasteiger partial charge in [0.1, 0.15) is 5.00 Å². The van der Waals surface area contributed by atoms with E-state index < -0.39 is 0 Å². The first-order valence-electron chi connectivity index (χ1n) is 11.2. The molecular formula is C25H29N3OS. The van der Waals surface area contributed by atoms with Gasteiger partial charge in [-0.15, -0.1) is 11.3 Å². The number of nitrogens with one attached hydrogen (secondary N) is 2. The highest BCUT2D eigenvalue weighted by Gasteiger charge is 2.26. The summed E-state index contributed by atoms with van der Waals surface area (Å²) in [4.78, 5) is 14.4. The third-order valence-electron chi connectivity index (χ3n) is 6.46. The molecule has 5 rings (SSSR count). The normalized spacial score (nSPS) is 16.4. The Morgan fingerprint density at radius 1 is 0.967 bits per heavy atom. The number of hydrogen-bond acceptors (Lipinski definition) is 2. The monoisotopic (exact) mass is 419 g/mol. The zero-order chi connectivity index (χ0) is 20.5. The van der Waals surface area contributed by atoms with Crippen molar-refractivity contribution >= 4 is 23.1 Å². The molecule has 2 aliphatic carbocycles. The number of carbonyl (C=O) groups excluding carboxylic acids is 1. The number of aromatic nitrogens is 1. The van der Waals surface area contributed by atoms with E-state index in [4.69, 9.17) is 0 Å². The van der Waals surface area contributed by atoms with E-state index in [0.717, 1.165) is 31.4 Å². The lowest BCUT2D eigenvalue weighted by Gasteiger charge is -2.22. The zero-order valence-electron chi connectivity index (χ0n) is 17.5. The molecule has 2 heterocycles. The maximum Gasteiger partial charge on any atom is 0.319 e. The Hall–Kier alpha value is -2.53. The number of rotatable bonds is 4. The maximum atomic E-state index is 12.9. The van der Waals surface area contributed by atoms with Gasteiger partial charge in [0, 0.05) is 28.5 Å². The molecule has 1 atom stereocenters. The summed E-state index contributed by atoms with van der Waals surface area (Å²) in [7, 11) is 0. The van der Waals surface area contributed by atoms with E-state index in [1.807, 2.05) is 17.4 Å². The second-order valence-electron chi connectivity index (χ2n) is 8.49. The first-order valence-corrected chi connectivity index (χ1v) is 12.0. The molecule has 0 saturated heterocycles. The molecule has 0 bridgehead atoms. The van der Waals surface area contributed by atoms with Crippen LogP contribution in [0.3, 0.4) is 0 Å². The Balaban J connectivity index is 1.39. The van der Waals surface area contributed by atoms with E-state index in [1.165, 1.54) is 57.8 Å². The van der Waals surface area contributed by atoms with Gasteiger partial charge in [-0.3, -0.25) is 0 Å². The topological polar surface area (TPSA) is 46.1 Å². The minimum atomic E-state index is -0.115. The fourth-order valence-corrected chi connectivity index (χ4v) is 6.46. The van der Waals surface area contributed by atoms with Crippen molar-refractivity contribution in [3.63, 3.8) is 0 Å². The Labute approximate surface area is 182 Å². The standard InChI is InChI=1S/C25H29N3OS/c1-17(26-25(29)27-21-13-8-10-18-9-2-3-11-19(18)21)23-20-12-4-5-14-22(20)30-24(23)28-15-6-7-16-28/h6-8,10,13,15-17H,2-5,9,11-12,14H2,1H3,(H2,26,27,29)/t17-/m0/s1. The van der Waals surface area contributed by atoms with E-state index >= 15 is 0 Å². The van der Waals surface area contributed by atoms with Crippen molar-refractivity contribution in [1.82, 2.24) is 9.88 Å². The maximum absolute atomic E-state index is 12.9. The van der Waals surface area contributed by atoms with Crippen molar-refractivity contribution in [2.45, 2.75) is 64.3 Å². The van der Waals surface area contributed by atoms with Crippen LogP contribution in [0.2, 0.25) is 0 Å². The second-order valence-corrected chi connectivity index (χ2v) is 9.57. The Kier molecular flexibility index (Phi) is 5.38. The second kappa shape index (κ2) is 8.31. The molecule has 0 saturated carbocycles. The molecule has 4 nitrogen and oxygen atoms in total. The van der Waals surface area contributed by atoms with Gasteiger partial charge in [0.05, 0.1) is 6.04 Å². The van der Waals surface area contributed by atoms with Crippen LogP contribution in [0.25, 0.3) is 5.00 Å². The summed E-state index contributed by atoms with van der Waals surface area (Å²) in [5.41, 5.74) is 6.41. The molecule has 0 radical (unpaired) electrons. The predicted molar refractivity (Wildman–Crippen MR) is 124 cm³/mol. The molecule has 2 amide bonds. The Morgan fingerprint density at radius 3 is 2.53 bits per heavy atom. The van der Waals surface area contributed by atoms with Gasteiger partial charge in [-0.25, -0.2) is 4.79 Å². The van der Waals surface area contributed by atoms with Crippen LogP contribution in [0.15, 0.2) is 42.7 Å². The smallest absolute Gasteiger partial charge is 0.319 e. The van der Waals surface area contributed by atoms with E-state index in [9.17, 15) is 4.79 Å². The fourth-order valence-electron chi connectivity index (χ4n) is 5.01.